The second-order valence-corrected chi connectivity index (χ2v) is 2.61. The van der Waals surface area contributed by atoms with Crippen LogP contribution in [0, 0.1) is 0 Å². The van der Waals surface area contributed by atoms with Crippen LogP contribution in [0.15, 0.2) is 0 Å². The Morgan fingerprint density at radius 2 is 1.45 bits per heavy atom. The highest BCUT2D eigenvalue weighted by Gasteiger charge is 1.82. The SMILES string of the molecule is CCC.CCCCCOCC. The van der Waals surface area contributed by atoms with Crippen LogP contribution in [0.5, 0.6) is 0 Å². The second kappa shape index (κ2) is 16.5. The third kappa shape index (κ3) is 25.7. The first-order valence-corrected chi connectivity index (χ1v) is 4.91. The molecule has 0 saturated heterocycles. The first-order valence-electron chi connectivity index (χ1n) is 4.91. The lowest BCUT2D eigenvalue weighted by Crippen LogP contribution is -1.91. The Kier molecular flexibility index (Phi) is 20.3. The lowest BCUT2D eigenvalue weighted by atomic mass is 10.3. The molecule has 0 atom stereocenters. The van der Waals surface area contributed by atoms with E-state index in [9.17, 15) is 0 Å². The van der Waals surface area contributed by atoms with Crippen LogP contribution >= 0.6 is 0 Å². The van der Waals surface area contributed by atoms with Gasteiger partial charge in [-0.3, -0.25) is 0 Å². The Hall–Kier alpha value is -0.0400. The first-order chi connectivity index (χ1) is 5.33. The van der Waals surface area contributed by atoms with E-state index in [2.05, 4.69) is 20.8 Å². The van der Waals surface area contributed by atoms with Crippen molar-refractivity contribution in [1.29, 1.82) is 0 Å². The molecule has 0 saturated carbocycles. The summed E-state index contributed by atoms with van der Waals surface area (Å²) >= 11 is 0. The van der Waals surface area contributed by atoms with Gasteiger partial charge in [-0.25, -0.2) is 0 Å². The molecule has 0 fully saturated rings. The highest BCUT2D eigenvalue weighted by molar-refractivity contribution is 4.34. The van der Waals surface area contributed by atoms with Gasteiger partial charge in [-0.15, -0.1) is 0 Å². The molecular weight excluding hydrogens is 136 g/mol. The molecule has 0 aliphatic carbocycles. The van der Waals surface area contributed by atoms with Gasteiger partial charge in [0, 0.05) is 13.2 Å². The Labute approximate surface area is 72.1 Å². The minimum atomic E-state index is 0.865. The highest BCUT2D eigenvalue weighted by Crippen LogP contribution is 1.92. The molecule has 0 spiro atoms. The Morgan fingerprint density at radius 1 is 0.909 bits per heavy atom. The molecule has 1 nitrogen and oxygen atoms in total. The zero-order valence-electron chi connectivity index (χ0n) is 8.65. The Balaban J connectivity index is 0. The van der Waals surface area contributed by atoms with E-state index in [4.69, 9.17) is 4.74 Å². The van der Waals surface area contributed by atoms with E-state index in [1.165, 1.54) is 25.7 Å². The van der Waals surface area contributed by atoms with Crippen molar-refractivity contribution in [2.24, 2.45) is 0 Å². The zero-order chi connectivity index (χ0) is 8.95. The quantitative estimate of drug-likeness (QED) is 0.558. The zero-order valence-corrected chi connectivity index (χ0v) is 8.65. The fourth-order valence-electron chi connectivity index (χ4n) is 0.598. The van der Waals surface area contributed by atoms with Gasteiger partial charge in [-0.1, -0.05) is 40.0 Å². The minimum absolute atomic E-state index is 0.865. The topological polar surface area (TPSA) is 9.23 Å². The molecule has 70 valence electrons. The summed E-state index contributed by atoms with van der Waals surface area (Å²) in [5.41, 5.74) is 0. The van der Waals surface area contributed by atoms with Gasteiger partial charge in [0.05, 0.1) is 0 Å². The lowest BCUT2D eigenvalue weighted by molar-refractivity contribution is 0.143. The summed E-state index contributed by atoms with van der Waals surface area (Å²) in [6.07, 6.45) is 5.07. The van der Waals surface area contributed by atoms with Gasteiger partial charge in [0.15, 0.2) is 0 Å². The molecule has 0 heterocycles. The van der Waals surface area contributed by atoms with Crippen LogP contribution in [0.25, 0.3) is 0 Å². The maximum Gasteiger partial charge on any atom is 0.0465 e. The molecule has 0 unspecified atom stereocenters. The smallest absolute Gasteiger partial charge is 0.0465 e. The average molecular weight is 160 g/mol. The number of ether oxygens (including phenoxy) is 1. The van der Waals surface area contributed by atoms with Crippen LogP contribution < -0.4 is 0 Å². The number of hydrogen-bond acceptors (Lipinski definition) is 1. The molecule has 0 aromatic heterocycles. The van der Waals surface area contributed by atoms with E-state index in [1.54, 1.807) is 0 Å². The van der Waals surface area contributed by atoms with Crippen molar-refractivity contribution in [2.75, 3.05) is 13.2 Å². The van der Waals surface area contributed by atoms with Crippen LogP contribution in [0.2, 0.25) is 0 Å². The summed E-state index contributed by atoms with van der Waals surface area (Å²) in [5.74, 6) is 0. The van der Waals surface area contributed by atoms with Crippen LogP contribution in [0.3, 0.4) is 0 Å². The van der Waals surface area contributed by atoms with Crippen molar-refractivity contribution in [3.63, 3.8) is 0 Å². The third-order valence-electron chi connectivity index (χ3n) is 1.10. The molecular formula is C10H24O. The van der Waals surface area contributed by atoms with Crippen LogP contribution in [-0.2, 0) is 4.74 Å². The molecule has 0 aromatic rings. The molecule has 0 aromatic carbocycles. The van der Waals surface area contributed by atoms with Crippen molar-refractivity contribution >= 4 is 0 Å². The van der Waals surface area contributed by atoms with Gasteiger partial charge < -0.3 is 4.74 Å². The van der Waals surface area contributed by atoms with Crippen LogP contribution in [0.1, 0.15) is 53.4 Å². The molecule has 0 bridgehead atoms. The van der Waals surface area contributed by atoms with E-state index in [-0.39, 0.29) is 0 Å². The van der Waals surface area contributed by atoms with E-state index in [1.807, 2.05) is 6.92 Å². The van der Waals surface area contributed by atoms with Crippen molar-refractivity contribution < 1.29 is 4.74 Å². The molecule has 0 aliphatic heterocycles. The summed E-state index contributed by atoms with van der Waals surface area (Å²) in [7, 11) is 0. The van der Waals surface area contributed by atoms with Gasteiger partial charge in [0.1, 0.15) is 0 Å². The highest BCUT2D eigenvalue weighted by atomic mass is 16.5. The van der Waals surface area contributed by atoms with E-state index < -0.39 is 0 Å². The molecule has 0 aliphatic rings. The Bertz CT molecular complexity index is 38.1. The molecule has 0 radical (unpaired) electrons. The summed E-state index contributed by atoms with van der Waals surface area (Å²) in [6, 6.07) is 0. The standard InChI is InChI=1S/C7H16O.C3H8/c1-3-5-6-7-8-4-2;1-3-2/h3-7H2,1-2H3;3H2,1-2H3. The van der Waals surface area contributed by atoms with Crippen LogP contribution in [-0.4, -0.2) is 13.2 Å². The summed E-state index contributed by atoms with van der Waals surface area (Å²) in [4.78, 5) is 0. The van der Waals surface area contributed by atoms with E-state index in [0.717, 1.165) is 13.2 Å². The molecule has 1 heteroatoms. The largest absolute Gasteiger partial charge is 0.382 e. The second-order valence-electron chi connectivity index (χ2n) is 2.61. The predicted molar refractivity (Wildman–Crippen MR) is 52.0 cm³/mol. The number of hydrogen-bond donors (Lipinski definition) is 0. The summed E-state index contributed by atoms with van der Waals surface area (Å²) in [6.45, 7) is 10.3. The predicted octanol–water partition coefficient (Wildman–Crippen LogP) is 3.63. The van der Waals surface area contributed by atoms with Gasteiger partial charge in [0.2, 0.25) is 0 Å². The lowest BCUT2D eigenvalue weighted by Gasteiger charge is -1.96. The van der Waals surface area contributed by atoms with Crippen molar-refractivity contribution in [1.82, 2.24) is 0 Å². The fourth-order valence-corrected chi connectivity index (χ4v) is 0.598. The van der Waals surface area contributed by atoms with Crippen LogP contribution in [0.4, 0.5) is 0 Å². The fraction of sp³-hybridized carbons (Fsp3) is 1.00. The van der Waals surface area contributed by atoms with Gasteiger partial charge in [-0.05, 0) is 13.3 Å². The Morgan fingerprint density at radius 3 is 1.82 bits per heavy atom. The molecule has 11 heavy (non-hydrogen) atoms. The van der Waals surface area contributed by atoms with Crippen molar-refractivity contribution in [3.05, 3.63) is 0 Å². The third-order valence-corrected chi connectivity index (χ3v) is 1.10. The first kappa shape index (κ1) is 13.5. The average Bonchev–Trinajstić information content (AvgIpc) is 2.00. The maximum atomic E-state index is 5.14. The van der Waals surface area contributed by atoms with Crippen molar-refractivity contribution in [3.8, 4) is 0 Å². The molecule has 0 N–H and O–H groups in total. The van der Waals surface area contributed by atoms with Gasteiger partial charge in [-0.2, -0.15) is 0 Å². The number of rotatable bonds is 5. The van der Waals surface area contributed by atoms with E-state index in [0.29, 0.717) is 0 Å². The minimum Gasteiger partial charge on any atom is -0.382 e. The van der Waals surface area contributed by atoms with Crippen molar-refractivity contribution in [2.45, 2.75) is 53.4 Å². The summed E-state index contributed by atoms with van der Waals surface area (Å²) in [5, 5.41) is 0. The van der Waals surface area contributed by atoms with Gasteiger partial charge >= 0.3 is 0 Å². The maximum absolute atomic E-state index is 5.14. The summed E-state index contributed by atoms with van der Waals surface area (Å²) < 4.78 is 5.14. The molecule has 0 rings (SSSR count). The molecule has 0 amide bonds. The van der Waals surface area contributed by atoms with E-state index >= 15 is 0 Å². The normalized spacial score (nSPS) is 8.73. The number of unbranched alkanes of at least 4 members (excludes halogenated alkanes) is 2. The van der Waals surface area contributed by atoms with Gasteiger partial charge in [0.25, 0.3) is 0 Å². The monoisotopic (exact) mass is 160 g/mol.